The van der Waals surface area contributed by atoms with Crippen molar-refractivity contribution >= 4 is 17.4 Å². The van der Waals surface area contributed by atoms with Crippen molar-refractivity contribution in [3.63, 3.8) is 0 Å². The number of aromatic hydroxyl groups is 1. The van der Waals surface area contributed by atoms with Gasteiger partial charge >= 0.3 is 0 Å². The number of benzene rings is 2. The number of ether oxygens (including phenoxy) is 1. The van der Waals surface area contributed by atoms with Gasteiger partial charge in [-0.05, 0) is 12.1 Å². The van der Waals surface area contributed by atoms with Gasteiger partial charge in [0.2, 0.25) is 5.91 Å². The third kappa shape index (κ3) is 4.09. The number of rotatable bonds is 6. The number of ketones is 1. The number of phenolic OH excluding ortho intramolecular Hbond substituents is 1. The number of Topliss-reactive ketones (excluding diaryl/α,β-unsaturated/α-hetero) is 1. The Morgan fingerprint density at radius 2 is 1.82 bits per heavy atom. The third-order valence-electron chi connectivity index (χ3n) is 3.14. The Labute approximate surface area is 128 Å². The first-order valence-electron chi connectivity index (χ1n) is 6.85. The lowest BCUT2D eigenvalue weighted by Gasteiger charge is -2.08. The zero-order chi connectivity index (χ0) is 15.9. The molecule has 0 spiro atoms. The van der Waals surface area contributed by atoms with Gasteiger partial charge in [0, 0.05) is 30.2 Å². The lowest BCUT2D eigenvalue weighted by molar-refractivity contribution is -0.116. The molecule has 5 nitrogen and oxygen atoms in total. The number of amides is 1. The first kappa shape index (κ1) is 15.6. The summed E-state index contributed by atoms with van der Waals surface area (Å²) >= 11 is 0. The van der Waals surface area contributed by atoms with Crippen LogP contribution in [0.15, 0.2) is 48.5 Å². The highest BCUT2D eigenvalue weighted by Gasteiger charge is 2.10. The average molecular weight is 299 g/mol. The molecule has 0 aliphatic rings. The maximum absolute atomic E-state index is 11.9. The van der Waals surface area contributed by atoms with Crippen LogP contribution in [0.4, 0.5) is 5.69 Å². The van der Waals surface area contributed by atoms with E-state index in [0.29, 0.717) is 17.0 Å². The summed E-state index contributed by atoms with van der Waals surface area (Å²) in [6, 6.07) is 13.4. The van der Waals surface area contributed by atoms with Crippen molar-refractivity contribution in [2.24, 2.45) is 0 Å². The van der Waals surface area contributed by atoms with Crippen molar-refractivity contribution in [2.45, 2.75) is 12.8 Å². The number of anilines is 1. The van der Waals surface area contributed by atoms with Gasteiger partial charge < -0.3 is 15.2 Å². The number of carbonyl (C=O) groups excluding carboxylic acids is 2. The van der Waals surface area contributed by atoms with Crippen LogP contribution in [0.3, 0.4) is 0 Å². The molecule has 2 aromatic rings. The van der Waals surface area contributed by atoms with Gasteiger partial charge in [-0.3, -0.25) is 9.59 Å². The average Bonchev–Trinajstić information content (AvgIpc) is 2.53. The predicted octanol–water partition coefficient (Wildman–Crippen LogP) is 3.00. The monoisotopic (exact) mass is 299 g/mol. The minimum atomic E-state index is -0.283. The predicted molar refractivity (Wildman–Crippen MR) is 83.3 cm³/mol. The topological polar surface area (TPSA) is 75.6 Å². The fraction of sp³-hybridized carbons (Fsp3) is 0.176. The van der Waals surface area contributed by atoms with Crippen molar-refractivity contribution in [1.82, 2.24) is 0 Å². The number of methoxy groups -OCH3 is 1. The molecule has 114 valence electrons. The summed E-state index contributed by atoms with van der Waals surface area (Å²) in [5, 5.41) is 12.3. The van der Waals surface area contributed by atoms with E-state index in [4.69, 9.17) is 4.74 Å². The molecule has 0 bridgehead atoms. The highest BCUT2D eigenvalue weighted by Crippen LogP contribution is 2.28. The van der Waals surface area contributed by atoms with Gasteiger partial charge in [0.25, 0.3) is 0 Å². The second-order valence-corrected chi connectivity index (χ2v) is 4.72. The minimum Gasteiger partial charge on any atom is -0.504 e. The zero-order valence-corrected chi connectivity index (χ0v) is 12.2. The summed E-state index contributed by atoms with van der Waals surface area (Å²) in [6.45, 7) is 0. The molecular weight excluding hydrogens is 282 g/mol. The Morgan fingerprint density at radius 1 is 1.09 bits per heavy atom. The molecule has 0 saturated carbocycles. The van der Waals surface area contributed by atoms with E-state index in [1.54, 1.807) is 36.4 Å². The van der Waals surface area contributed by atoms with Gasteiger partial charge in [-0.25, -0.2) is 0 Å². The standard InChI is InChI=1S/C17H17NO4/c1-22-16-9-7-13(11-15(16)20)18-17(21)10-8-14(19)12-5-3-2-4-6-12/h2-7,9,11,20H,8,10H2,1H3,(H,18,21). The summed E-state index contributed by atoms with van der Waals surface area (Å²) in [5.74, 6) is -0.0832. The van der Waals surface area contributed by atoms with Crippen LogP contribution in [0.1, 0.15) is 23.2 Å². The largest absolute Gasteiger partial charge is 0.504 e. The number of hydrogen-bond acceptors (Lipinski definition) is 4. The summed E-state index contributed by atoms with van der Waals surface area (Å²) in [7, 11) is 1.45. The van der Waals surface area contributed by atoms with E-state index >= 15 is 0 Å². The second-order valence-electron chi connectivity index (χ2n) is 4.72. The highest BCUT2D eigenvalue weighted by molar-refractivity contribution is 6.00. The Balaban J connectivity index is 1.88. The van der Waals surface area contributed by atoms with Crippen molar-refractivity contribution in [1.29, 1.82) is 0 Å². The van der Waals surface area contributed by atoms with Gasteiger partial charge in [-0.15, -0.1) is 0 Å². The van der Waals surface area contributed by atoms with E-state index in [2.05, 4.69) is 5.32 Å². The number of phenols is 1. The molecule has 2 aromatic carbocycles. The third-order valence-corrected chi connectivity index (χ3v) is 3.14. The molecule has 0 aliphatic carbocycles. The lowest BCUT2D eigenvalue weighted by atomic mass is 10.1. The summed E-state index contributed by atoms with van der Waals surface area (Å²) < 4.78 is 4.93. The van der Waals surface area contributed by atoms with E-state index in [0.717, 1.165) is 0 Å². The second kappa shape index (κ2) is 7.26. The molecule has 0 fully saturated rings. The zero-order valence-electron chi connectivity index (χ0n) is 12.2. The highest BCUT2D eigenvalue weighted by atomic mass is 16.5. The van der Waals surface area contributed by atoms with Crippen LogP contribution in [0.2, 0.25) is 0 Å². The summed E-state index contributed by atoms with van der Waals surface area (Å²) in [6.07, 6.45) is 0.221. The lowest BCUT2D eigenvalue weighted by Crippen LogP contribution is -2.13. The number of nitrogens with one attached hydrogen (secondary N) is 1. The molecule has 0 saturated heterocycles. The van der Waals surface area contributed by atoms with Crippen LogP contribution in [0, 0.1) is 0 Å². The number of carbonyl (C=O) groups is 2. The van der Waals surface area contributed by atoms with E-state index in [9.17, 15) is 14.7 Å². The fourth-order valence-corrected chi connectivity index (χ4v) is 1.99. The van der Waals surface area contributed by atoms with Crippen molar-refractivity contribution in [3.05, 3.63) is 54.1 Å². The maximum atomic E-state index is 11.9. The van der Waals surface area contributed by atoms with Gasteiger partial charge in [0.05, 0.1) is 7.11 Å². The van der Waals surface area contributed by atoms with E-state index < -0.39 is 0 Å². The molecule has 0 unspecified atom stereocenters. The molecule has 0 atom stereocenters. The molecule has 0 radical (unpaired) electrons. The van der Waals surface area contributed by atoms with Crippen LogP contribution < -0.4 is 10.1 Å². The SMILES string of the molecule is COc1ccc(NC(=O)CCC(=O)c2ccccc2)cc1O. The Kier molecular flexibility index (Phi) is 5.14. The van der Waals surface area contributed by atoms with Gasteiger partial charge in [0.15, 0.2) is 17.3 Å². The smallest absolute Gasteiger partial charge is 0.224 e. The molecular formula is C17H17NO4. The Hall–Kier alpha value is -2.82. The fourth-order valence-electron chi connectivity index (χ4n) is 1.99. The molecule has 1 amide bonds. The summed E-state index contributed by atoms with van der Waals surface area (Å²) in [5.41, 5.74) is 1.05. The molecule has 0 aliphatic heterocycles. The van der Waals surface area contributed by atoms with Crippen molar-refractivity contribution in [2.75, 3.05) is 12.4 Å². The summed E-state index contributed by atoms with van der Waals surface area (Å²) in [4.78, 5) is 23.7. The first-order chi connectivity index (χ1) is 10.6. The van der Waals surface area contributed by atoms with Crippen LogP contribution >= 0.6 is 0 Å². The first-order valence-corrected chi connectivity index (χ1v) is 6.85. The molecule has 2 rings (SSSR count). The quantitative estimate of drug-likeness (QED) is 0.804. The Morgan fingerprint density at radius 3 is 2.45 bits per heavy atom. The molecule has 2 N–H and O–H groups in total. The van der Waals surface area contributed by atoms with E-state index in [1.165, 1.54) is 13.2 Å². The van der Waals surface area contributed by atoms with Gasteiger partial charge in [-0.1, -0.05) is 30.3 Å². The van der Waals surface area contributed by atoms with E-state index in [-0.39, 0.29) is 30.3 Å². The molecule has 0 aromatic heterocycles. The van der Waals surface area contributed by atoms with Gasteiger partial charge in [0.1, 0.15) is 0 Å². The number of hydrogen-bond donors (Lipinski definition) is 2. The molecule has 5 heteroatoms. The Bertz CT molecular complexity index is 668. The van der Waals surface area contributed by atoms with Crippen LogP contribution in [-0.2, 0) is 4.79 Å². The molecule has 0 heterocycles. The van der Waals surface area contributed by atoms with Crippen LogP contribution in [-0.4, -0.2) is 23.9 Å². The van der Waals surface area contributed by atoms with Gasteiger partial charge in [-0.2, -0.15) is 0 Å². The van der Waals surface area contributed by atoms with Crippen LogP contribution in [0.5, 0.6) is 11.5 Å². The van der Waals surface area contributed by atoms with Crippen molar-refractivity contribution < 1.29 is 19.4 Å². The van der Waals surface area contributed by atoms with E-state index in [1.807, 2.05) is 6.07 Å². The minimum absolute atomic E-state index is 0.0549. The molecule has 22 heavy (non-hydrogen) atoms. The normalized spacial score (nSPS) is 10.0. The maximum Gasteiger partial charge on any atom is 0.224 e. The van der Waals surface area contributed by atoms with Crippen LogP contribution in [0.25, 0.3) is 0 Å². The van der Waals surface area contributed by atoms with Crippen molar-refractivity contribution in [3.8, 4) is 11.5 Å².